The van der Waals surface area contributed by atoms with E-state index in [2.05, 4.69) is 9.97 Å². The first-order valence-electron chi connectivity index (χ1n) is 6.61. The minimum absolute atomic E-state index is 0.0641. The molecule has 0 aliphatic heterocycles. The highest BCUT2D eigenvalue weighted by atomic mass is 16.3. The van der Waals surface area contributed by atoms with Crippen LogP contribution in [0.2, 0.25) is 0 Å². The lowest BCUT2D eigenvalue weighted by Crippen LogP contribution is -2.06. The summed E-state index contributed by atoms with van der Waals surface area (Å²) in [4.78, 5) is 8.62. The number of aromatic nitrogens is 3. The highest BCUT2D eigenvalue weighted by Crippen LogP contribution is 2.21. The van der Waals surface area contributed by atoms with E-state index in [9.17, 15) is 5.11 Å². The van der Waals surface area contributed by atoms with Gasteiger partial charge >= 0.3 is 0 Å². The van der Waals surface area contributed by atoms with Crippen molar-refractivity contribution < 1.29 is 14.6 Å². The number of benzene rings is 1. The van der Waals surface area contributed by atoms with E-state index in [1.165, 1.54) is 0 Å². The molecular formula is C15H15N3O3. The molecule has 21 heavy (non-hydrogen) atoms. The molecular weight excluding hydrogens is 270 g/mol. The molecule has 6 heteroatoms. The third-order valence-corrected chi connectivity index (χ3v) is 3.14. The van der Waals surface area contributed by atoms with Gasteiger partial charge in [-0.1, -0.05) is 0 Å². The van der Waals surface area contributed by atoms with Crippen molar-refractivity contribution in [2.24, 2.45) is 0 Å². The van der Waals surface area contributed by atoms with E-state index < -0.39 is 0 Å². The molecule has 1 aromatic carbocycles. The van der Waals surface area contributed by atoms with Crippen LogP contribution in [0.3, 0.4) is 0 Å². The Morgan fingerprint density at radius 1 is 1.19 bits per heavy atom. The van der Waals surface area contributed by atoms with Crippen LogP contribution in [-0.4, -0.2) is 31.4 Å². The maximum atomic E-state index is 9.28. The van der Waals surface area contributed by atoms with Gasteiger partial charge in [0.25, 0.3) is 0 Å². The summed E-state index contributed by atoms with van der Waals surface area (Å²) in [5.41, 5.74) is 1.58. The Labute approximate surface area is 121 Å². The number of nitrogens with zero attached hydrogens (tertiary/aromatic N) is 3. The lowest BCUT2D eigenvalue weighted by atomic mass is 10.2. The molecule has 0 fully saturated rings. The van der Waals surface area contributed by atoms with Crippen LogP contribution < -0.4 is 0 Å². The SMILES string of the molecule is OCCc1nccn1Cc1coc(-c2ccc(O)cc2)n1. The summed E-state index contributed by atoms with van der Waals surface area (Å²) in [7, 11) is 0. The smallest absolute Gasteiger partial charge is 0.226 e. The van der Waals surface area contributed by atoms with Crippen LogP contribution in [0, 0.1) is 0 Å². The van der Waals surface area contributed by atoms with Gasteiger partial charge in [0, 0.05) is 24.4 Å². The van der Waals surface area contributed by atoms with Gasteiger partial charge in [0.2, 0.25) is 5.89 Å². The van der Waals surface area contributed by atoms with Crippen molar-refractivity contribution in [3.63, 3.8) is 0 Å². The number of phenolic OH excluding ortho intramolecular Hbond substituents is 1. The van der Waals surface area contributed by atoms with Crippen molar-refractivity contribution in [3.8, 4) is 17.2 Å². The fourth-order valence-corrected chi connectivity index (χ4v) is 2.10. The maximum absolute atomic E-state index is 9.28. The minimum atomic E-state index is 0.0641. The van der Waals surface area contributed by atoms with E-state index in [1.807, 2.05) is 10.8 Å². The van der Waals surface area contributed by atoms with Crippen LogP contribution in [0.5, 0.6) is 5.75 Å². The molecule has 0 unspecified atom stereocenters. The van der Waals surface area contributed by atoms with Gasteiger partial charge in [0.15, 0.2) is 0 Å². The topological polar surface area (TPSA) is 84.3 Å². The number of aliphatic hydroxyl groups is 1. The molecule has 0 aliphatic rings. The normalized spacial score (nSPS) is 10.9. The number of oxazole rings is 1. The summed E-state index contributed by atoms with van der Waals surface area (Å²) in [6.45, 7) is 0.603. The summed E-state index contributed by atoms with van der Waals surface area (Å²) in [5, 5.41) is 18.3. The molecule has 0 bridgehead atoms. The van der Waals surface area contributed by atoms with Crippen molar-refractivity contribution in [2.45, 2.75) is 13.0 Å². The fraction of sp³-hybridized carbons (Fsp3) is 0.200. The van der Waals surface area contributed by atoms with E-state index in [4.69, 9.17) is 9.52 Å². The molecule has 0 saturated heterocycles. The Balaban J connectivity index is 1.78. The molecule has 0 amide bonds. The molecule has 2 aromatic heterocycles. The number of aromatic hydroxyl groups is 1. The first kappa shape index (κ1) is 13.4. The molecule has 3 rings (SSSR count). The minimum Gasteiger partial charge on any atom is -0.508 e. The molecule has 0 saturated carbocycles. The Hall–Kier alpha value is -2.60. The van der Waals surface area contributed by atoms with Crippen molar-refractivity contribution in [2.75, 3.05) is 6.61 Å². The van der Waals surface area contributed by atoms with E-state index in [0.717, 1.165) is 17.1 Å². The van der Waals surface area contributed by atoms with Crippen LogP contribution in [0.15, 0.2) is 47.3 Å². The first-order valence-corrected chi connectivity index (χ1v) is 6.61. The summed E-state index contributed by atoms with van der Waals surface area (Å²) < 4.78 is 7.39. The van der Waals surface area contributed by atoms with Gasteiger partial charge in [-0.3, -0.25) is 0 Å². The van der Waals surface area contributed by atoms with Crippen molar-refractivity contribution in [3.05, 3.63) is 54.4 Å². The monoisotopic (exact) mass is 285 g/mol. The van der Waals surface area contributed by atoms with Gasteiger partial charge < -0.3 is 19.2 Å². The molecule has 6 nitrogen and oxygen atoms in total. The molecule has 0 radical (unpaired) electrons. The fourth-order valence-electron chi connectivity index (χ4n) is 2.10. The second-order valence-corrected chi connectivity index (χ2v) is 4.64. The second kappa shape index (κ2) is 5.80. The van der Waals surface area contributed by atoms with E-state index in [0.29, 0.717) is 18.9 Å². The third-order valence-electron chi connectivity index (χ3n) is 3.14. The summed E-state index contributed by atoms with van der Waals surface area (Å²) >= 11 is 0. The van der Waals surface area contributed by atoms with Crippen LogP contribution in [-0.2, 0) is 13.0 Å². The lowest BCUT2D eigenvalue weighted by molar-refractivity contribution is 0.295. The zero-order valence-corrected chi connectivity index (χ0v) is 11.3. The predicted molar refractivity (Wildman–Crippen MR) is 75.7 cm³/mol. The summed E-state index contributed by atoms with van der Waals surface area (Å²) in [6, 6.07) is 6.68. The van der Waals surface area contributed by atoms with Crippen LogP contribution in [0.1, 0.15) is 11.5 Å². The summed E-state index contributed by atoms with van der Waals surface area (Å²) in [6.07, 6.45) is 5.66. The van der Waals surface area contributed by atoms with Gasteiger partial charge in [-0.15, -0.1) is 0 Å². The van der Waals surface area contributed by atoms with E-state index in [1.54, 1.807) is 36.7 Å². The molecule has 2 N–H and O–H groups in total. The number of aliphatic hydroxyl groups excluding tert-OH is 1. The van der Waals surface area contributed by atoms with Crippen molar-refractivity contribution >= 4 is 0 Å². The Morgan fingerprint density at radius 3 is 2.76 bits per heavy atom. The number of phenols is 1. The number of imidazole rings is 1. The molecule has 108 valence electrons. The van der Waals surface area contributed by atoms with Gasteiger partial charge in [0.1, 0.15) is 17.8 Å². The van der Waals surface area contributed by atoms with Gasteiger partial charge in [0.05, 0.1) is 18.8 Å². The van der Waals surface area contributed by atoms with Gasteiger partial charge in [-0.05, 0) is 24.3 Å². The predicted octanol–water partition coefficient (Wildman–Crippen LogP) is 1.83. The van der Waals surface area contributed by atoms with E-state index in [-0.39, 0.29) is 12.4 Å². The molecule has 3 aromatic rings. The second-order valence-electron chi connectivity index (χ2n) is 4.64. The zero-order chi connectivity index (χ0) is 14.7. The highest BCUT2D eigenvalue weighted by Gasteiger charge is 2.09. The molecule has 2 heterocycles. The molecule has 0 atom stereocenters. The number of hydrogen-bond acceptors (Lipinski definition) is 5. The average Bonchev–Trinajstić information content (AvgIpc) is 3.11. The van der Waals surface area contributed by atoms with E-state index >= 15 is 0 Å². The number of hydrogen-bond donors (Lipinski definition) is 2. The Morgan fingerprint density at radius 2 is 2.00 bits per heavy atom. The van der Waals surface area contributed by atoms with Crippen LogP contribution in [0.25, 0.3) is 11.5 Å². The Bertz CT molecular complexity index is 716. The largest absolute Gasteiger partial charge is 0.508 e. The first-order chi connectivity index (χ1) is 10.3. The number of rotatable bonds is 5. The van der Waals surface area contributed by atoms with Crippen molar-refractivity contribution in [1.82, 2.24) is 14.5 Å². The maximum Gasteiger partial charge on any atom is 0.226 e. The van der Waals surface area contributed by atoms with Crippen LogP contribution >= 0.6 is 0 Å². The summed E-state index contributed by atoms with van der Waals surface area (Å²) in [5.74, 6) is 1.53. The average molecular weight is 285 g/mol. The lowest BCUT2D eigenvalue weighted by Gasteiger charge is -2.03. The molecule has 0 spiro atoms. The quantitative estimate of drug-likeness (QED) is 0.747. The van der Waals surface area contributed by atoms with Gasteiger partial charge in [-0.25, -0.2) is 9.97 Å². The highest BCUT2D eigenvalue weighted by molar-refractivity contribution is 5.54. The van der Waals surface area contributed by atoms with Crippen molar-refractivity contribution in [1.29, 1.82) is 0 Å². The van der Waals surface area contributed by atoms with Gasteiger partial charge in [-0.2, -0.15) is 0 Å². The Kier molecular flexibility index (Phi) is 3.70. The third kappa shape index (κ3) is 2.95. The van der Waals surface area contributed by atoms with Crippen LogP contribution in [0.4, 0.5) is 0 Å². The molecule has 0 aliphatic carbocycles. The zero-order valence-electron chi connectivity index (χ0n) is 11.3. The standard InChI is InChI=1S/C15H15N3O3/c19-8-5-14-16-6-7-18(14)9-12-10-21-15(17-12)11-1-3-13(20)4-2-11/h1-4,6-7,10,19-20H,5,8-9H2.